The van der Waals surface area contributed by atoms with Crippen molar-refractivity contribution < 1.29 is 4.74 Å². The molecule has 1 aromatic heterocycles. The lowest BCUT2D eigenvalue weighted by Gasteiger charge is -2.04. The van der Waals surface area contributed by atoms with Crippen LogP contribution < -0.4 is 15.8 Å². The van der Waals surface area contributed by atoms with Crippen LogP contribution in [0.4, 0.5) is 5.82 Å². The monoisotopic (exact) mass is 218 g/mol. The molecule has 0 atom stereocenters. The van der Waals surface area contributed by atoms with Gasteiger partial charge in [0.15, 0.2) is 5.11 Å². The number of rotatable bonds is 2. The van der Waals surface area contributed by atoms with E-state index < -0.39 is 0 Å². The van der Waals surface area contributed by atoms with Crippen LogP contribution in [0, 0.1) is 0 Å². The van der Waals surface area contributed by atoms with Gasteiger partial charge >= 0.3 is 6.01 Å². The van der Waals surface area contributed by atoms with Gasteiger partial charge in [-0.3, -0.25) is 0 Å². The summed E-state index contributed by atoms with van der Waals surface area (Å²) in [7, 11) is 1.44. The second-order valence-electron chi connectivity index (χ2n) is 2.05. The molecular weight excluding hydrogens is 212 g/mol. The number of hydrogen-bond acceptors (Lipinski definition) is 4. The maximum Gasteiger partial charge on any atom is 0.319 e. The highest BCUT2D eigenvalue weighted by molar-refractivity contribution is 7.80. The highest BCUT2D eigenvalue weighted by atomic mass is 35.5. The summed E-state index contributed by atoms with van der Waals surface area (Å²) in [5, 5.41) is 2.98. The van der Waals surface area contributed by atoms with Crippen molar-refractivity contribution in [3.05, 3.63) is 11.2 Å². The Morgan fingerprint density at radius 3 is 2.92 bits per heavy atom. The minimum Gasteiger partial charge on any atom is -0.467 e. The van der Waals surface area contributed by atoms with E-state index in [9.17, 15) is 0 Å². The van der Waals surface area contributed by atoms with Gasteiger partial charge in [0.1, 0.15) is 11.0 Å². The lowest BCUT2D eigenvalue weighted by molar-refractivity contribution is 0.380. The maximum absolute atomic E-state index is 5.66. The van der Waals surface area contributed by atoms with Crippen LogP contribution in [0.3, 0.4) is 0 Å². The normalized spacial score (nSPS) is 9.38. The fraction of sp³-hybridized carbons (Fsp3) is 0.167. The summed E-state index contributed by atoms with van der Waals surface area (Å²) < 4.78 is 4.79. The average Bonchev–Trinajstić information content (AvgIpc) is 2.01. The molecular formula is C6H7ClN4OS. The van der Waals surface area contributed by atoms with Gasteiger partial charge in [0.05, 0.1) is 7.11 Å². The molecule has 0 fully saturated rings. The predicted octanol–water partition coefficient (Wildman–Crippen LogP) is 0.794. The van der Waals surface area contributed by atoms with Gasteiger partial charge in [0, 0.05) is 6.07 Å². The number of nitrogens with one attached hydrogen (secondary N) is 1. The van der Waals surface area contributed by atoms with Gasteiger partial charge in [-0.25, -0.2) is 0 Å². The molecule has 70 valence electrons. The van der Waals surface area contributed by atoms with Crippen molar-refractivity contribution >= 4 is 34.7 Å². The molecule has 0 radical (unpaired) electrons. The zero-order valence-electron chi connectivity index (χ0n) is 6.74. The Morgan fingerprint density at radius 2 is 2.38 bits per heavy atom. The van der Waals surface area contributed by atoms with Gasteiger partial charge in [0.25, 0.3) is 0 Å². The second kappa shape index (κ2) is 4.20. The van der Waals surface area contributed by atoms with E-state index in [-0.39, 0.29) is 16.3 Å². The first-order valence-electron chi connectivity index (χ1n) is 3.27. The zero-order chi connectivity index (χ0) is 9.84. The highest BCUT2D eigenvalue weighted by Gasteiger charge is 2.02. The third-order valence-corrected chi connectivity index (χ3v) is 1.40. The Balaban J connectivity index is 2.94. The molecule has 3 N–H and O–H groups in total. The van der Waals surface area contributed by atoms with E-state index in [1.165, 1.54) is 13.2 Å². The van der Waals surface area contributed by atoms with Crippen LogP contribution in [0.25, 0.3) is 0 Å². The topological polar surface area (TPSA) is 73.1 Å². The first-order chi connectivity index (χ1) is 6.11. The number of hydrogen-bond donors (Lipinski definition) is 2. The van der Waals surface area contributed by atoms with Crippen molar-refractivity contribution in [2.24, 2.45) is 5.73 Å². The Labute approximate surface area is 85.3 Å². The number of halogens is 1. The largest absolute Gasteiger partial charge is 0.467 e. The maximum atomic E-state index is 5.66. The third-order valence-electron chi connectivity index (χ3n) is 1.11. The van der Waals surface area contributed by atoms with Crippen molar-refractivity contribution in [1.82, 2.24) is 9.97 Å². The van der Waals surface area contributed by atoms with Crippen LogP contribution in [0.5, 0.6) is 6.01 Å². The van der Waals surface area contributed by atoms with Gasteiger partial charge in [-0.15, -0.1) is 0 Å². The molecule has 0 bridgehead atoms. The Kier molecular flexibility index (Phi) is 3.21. The summed E-state index contributed by atoms with van der Waals surface area (Å²) in [6.07, 6.45) is 0. The smallest absolute Gasteiger partial charge is 0.319 e. The number of nitrogens with zero attached hydrogens (tertiary/aromatic N) is 2. The lowest BCUT2D eigenvalue weighted by Crippen LogP contribution is -2.19. The first kappa shape index (κ1) is 9.94. The van der Waals surface area contributed by atoms with Gasteiger partial charge in [0.2, 0.25) is 0 Å². The summed E-state index contributed by atoms with van der Waals surface area (Å²) in [6.45, 7) is 0. The average molecular weight is 219 g/mol. The number of ether oxygens (including phenoxy) is 1. The van der Waals surface area contributed by atoms with Crippen LogP contribution in [0.15, 0.2) is 6.07 Å². The van der Waals surface area contributed by atoms with E-state index in [0.29, 0.717) is 5.82 Å². The van der Waals surface area contributed by atoms with E-state index in [1.54, 1.807) is 0 Å². The van der Waals surface area contributed by atoms with Crippen molar-refractivity contribution in [2.45, 2.75) is 0 Å². The van der Waals surface area contributed by atoms with E-state index in [0.717, 1.165) is 0 Å². The van der Waals surface area contributed by atoms with Gasteiger partial charge in [-0.2, -0.15) is 9.97 Å². The van der Waals surface area contributed by atoms with Crippen LogP contribution in [0.1, 0.15) is 0 Å². The fourth-order valence-corrected chi connectivity index (χ4v) is 0.959. The summed E-state index contributed by atoms with van der Waals surface area (Å²) in [5.41, 5.74) is 5.24. The Morgan fingerprint density at radius 1 is 1.69 bits per heavy atom. The van der Waals surface area contributed by atoms with E-state index in [4.69, 9.17) is 22.1 Å². The van der Waals surface area contributed by atoms with Gasteiger partial charge < -0.3 is 15.8 Å². The molecule has 0 aliphatic carbocycles. The quantitative estimate of drug-likeness (QED) is 0.565. The molecule has 0 aliphatic heterocycles. The predicted molar refractivity (Wildman–Crippen MR) is 54.0 cm³/mol. The molecule has 7 heteroatoms. The molecule has 0 saturated carbocycles. The Bertz CT molecular complexity index is 332. The molecule has 1 rings (SSSR count). The number of thiocarbonyl (C=S) groups is 1. The third kappa shape index (κ3) is 3.00. The SMILES string of the molecule is COc1nc(Cl)cc(NC(N)=S)n1. The molecule has 0 saturated heterocycles. The van der Waals surface area contributed by atoms with Crippen LogP contribution in [-0.4, -0.2) is 22.2 Å². The molecule has 0 aliphatic rings. The van der Waals surface area contributed by atoms with Gasteiger partial charge in [-0.05, 0) is 12.2 Å². The lowest BCUT2D eigenvalue weighted by atomic mass is 10.6. The minimum atomic E-state index is 0.108. The molecule has 0 amide bonds. The second-order valence-corrected chi connectivity index (χ2v) is 2.88. The summed E-state index contributed by atoms with van der Waals surface area (Å²) >= 11 is 10.3. The minimum absolute atomic E-state index is 0.108. The summed E-state index contributed by atoms with van der Waals surface area (Å²) in [5.74, 6) is 0.407. The fourth-order valence-electron chi connectivity index (χ4n) is 0.678. The van der Waals surface area contributed by atoms with Crippen LogP contribution in [0.2, 0.25) is 5.15 Å². The highest BCUT2D eigenvalue weighted by Crippen LogP contribution is 2.14. The van der Waals surface area contributed by atoms with E-state index >= 15 is 0 Å². The molecule has 0 spiro atoms. The summed E-state index contributed by atoms with van der Waals surface area (Å²) in [6, 6.07) is 1.65. The van der Waals surface area contributed by atoms with Crippen molar-refractivity contribution in [1.29, 1.82) is 0 Å². The van der Waals surface area contributed by atoms with Gasteiger partial charge in [-0.1, -0.05) is 11.6 Å². The molecule has 0 aromatic carbocycles. The zero-order valence-corrected chi connectivity index (χ0v) is 8.32. The molecule has 0 unspecified atom stereocenters. The molecule has 5 nitrogen and oxygen atoms in total. The van der Waals surface area contributed by atoms with Crippen molar-refractivity contribution in [2.75, 3.05) is 12.4 Å². The number of aromatic nitrogens is 2. The molecule has 1 heterocycles. The molecule has 13 heavy (non-hydrogen) atoms. The number of nitrogens with two attached hydrogens (primary N) is 1. The first-order valence-corrected chi connectivity index (χ1v) is 4.05. The van der Waals surface area contributed by atoms with E-state index in [2.05, 4.69) is 27.5 Å². The number of anilines is 1. The standard InChI is InChI=1S/C6H7ClN4OS/c1-12-6-9-3(7)2-4(11-6)10-5(8)13/h2H,1H3,(H3,8,9,10,11,13). The van der Waals surface area contributed by atoms with Crippen molar-refractivity contribution in [3.63, 3.8) is 0 Å². The summed E-state index contributed by atoms with van der Waals surface area (Å²) in [4.78, 5) is 7.66. The van der Waals surface area contributed by atoms with Crippen LogP contribution >= 0.6 is 23.8 Å². The van der Waals surface area contributed by atoms with Crippen molar-refractivity contribution in [3.8, 4) is 6.01 Å². The number of methoxy groups -OCH3 is 1. The van der Waals surface area contributed by atoms with Crippen LogP contribution in [-0.2, 0) is 0 Å². The van der Waals surface area contributed by atoms with E-state index in [1.807, 2.05) is 0 Å². The molecule has 1 aromatic rings. The Hall–Kier alpha value is -1.14.